The zero-order valence-electron chi connectivity index (χ0n) is 17.3. The van der Waals surface area contributed by atoms with Crippen molar-refractivity contribution in [1.29, 1.82) is 0 Å². The average Bonchev–Trinajstić information content (AvgIpc) is 3.47. The summed E-state index contributed by atoms with van der Waals surface area (Å²) in [5, 5.41) is 22.0. The number of rotatable bonds is 6. The van der Waals surface area contributed by atoms with Gasteiger partial charge in [-0.2, -0.15) is 9.97 Å². The van der Waals surface area contributed by atoms with Gasteiger partial charge >= 0.3 is 6.01 Å². The highest BCUT2D eigenvalue weighted by Crippen LogP contribution is 2.33. The first-order chi connectivity index (χ1) is 14.9. The Morgan fingerprint density at radius 1 is 1.32 bits per heavy atom. The van der Waals surface area contributed by atoms with Crippen LogP contribution in [-0.4, -0.2) is 79.3 Å². The van der Waals surface area contributed by atoms with Crippen molar-refractivity contribution in [2.75, 3.05) is 19.9 Å². The Kier molecular flexibility index (Phi) is 6.05. The Labute approximate surface area is 178 Å². The second kappa shape index (κ2) is 8.75. The Balaban J connectivity index is 1.58. The van der Waals surface area contributed by atoms with Crippen molar-refractivity contribution < 1.29 is 29.3 Å². The highest BCUT2D eigenvalue weighted by molar-refractivity contribution is 5.86. The van der Waals surface area contributed by atoms with Gasteiger partial charge in [-0.3, -0.25) is 14.2 Å². The molecule has 0 unspecified atom stereocenters. The van der Waals surface area contributed by atoms with Gasteiger partial charge in [0, 0.05) is 13.1 Å². The largest absolute Gasteiger partial charge is 0.460 e. The fourth-order valence-corrected chi connectivity index (χ4v) is 3.76. The topological polar surface area (TPSA) is 158 Å². The van der Waals surface area contributed by atoms with Crippen molar-refractivity contribution in [3.63, 3.8) is 0 Å². The number of hydrogen-bond acceptors (Lipinski definition) is 10. The smallest absolute Gasteiger partial charge is 0.320 e. The van der Waals surface area contributed by atoms with Crippen LogP contribution < -0.4 is 10.5 Å². The van der Waals surface area contributed by atoms with Crippen LogP contribution >= 0.6 is 0 Å². The highest BCUT2D eigenvalue weighted by atomic mass is 16.7. The minimum atomic E-state index is -1.29. The van der Waals surface area contributed by atoms with Gasteiger partial charge in [-0.25, -0.2) is 10.0 Å². The standard InChI is InChI=1S/C19H26N6O6/c1-24(29-2)12(26)8-7-11-14(27)15(28)18(31-11)25-9-21-13-16(20)22-19(23-17(13)25)30-10-5-3-4-6-10/h7-11,14-15,18,27-28H,3-6H2,1-2H3,(H2,20,22,23)/b8-7+/t11-,14-,15-,18-/m1/s1. The predicted molar refractivity (Wildman–Crippen MR) is 107 cm³/mol. The van der Waals surface area contributed by atoms with Crippen molar-refractivity contribution in [3.8, 4) is 6.01 Å². The Morgan fingerprint density at radius 2 is 2.06 bits per heavy atom. The van der Waals surface area contributed by atoms with Crippen molar-refractivity contribution in [2.24, 2.45) is 0 Å². The molecule has 4 rings (SSSR count). The lowest BCUT2D eigenvalue weighted by atomic mass is 10.1. The number of amides is 1. The minimum absolute atomic E-state index is 0.0423. The number of carbonyl (C=O) groups excluding carboxylic acids is 1. The van der Waals surface area contributed by atoms with Crippen LogP contribution in [0.1, 0.15) is 31.9 Å². The first kappa shape index (κ1) is 21.4. The monoisotopic (exact) mass is 434 g/mol. The fraction of sp³-hybridized carbons (Fsp3) is 0.579. The second-order valence-electron chi connectivity index (χ2n) is 7.59. The lowest BCUT2D eigenvalue weighted by molar-refractivity contribution is -0.162. The van der Waals surface area contributed by atoms with Gasteiger partial charge in [0.2, 0.25) is 0 Å². The van der Waals surface area contributed by atoms with Crippen LogP contribution in [0.5, 0.6) is 6.01 Å². The summed E-state index contributed by atoms with van der Waals surface area (Å²) in [7, 11) is 2.80. The molecule has 2 fully saturated rings. The number of nitrogen functional groups attached to an aromatic ring is 1. The molecule has 3 heterocycles. The highest BCUT2D eigenvalue weighted by Gasteiger charge is 2.43. The van der Waals surface area contributed by atoms with Crippen LogP contribution in [-0.2, 0) is 14.4 Å². The molecule has 1 aliphatic carbocycles. The van der Waals surface area contributed by atoms with Gasteiger partial charge < -0.3 is 25.4 Å². The molecule has 2 aromatic heterocycles. The summed E-state index contributed by atoms with van der Waals surface area (Å²) in [5.74, 6) is -0.298. The molecule has 2 aromatic rings. The average molecular weight is 434 g/mol. The molecule has 1 amide bonds. The molecular formula is C19H26N6O6. The van der Waals surface area contributed by atoms with Crippen LogP contribution in [0.15, 0.2) is 18.5 Å². The second-order valence-corrected chi connectivity index (χ2v) is 7.59. The fourth-order valence-electron chi connectivity index (χ4n) is 3.76. The van der Waals surface area contributed by atoms with Gasteiger partial charge in [0.05, 0.1) is 13.4 Å². The van der Waals surface area contributed by atoms with Gasteiger partial charge in [0.1, 0.15) is 24.4 Å². The van der Waals surface area contributed by atoms with E-state index in [-0.39, 0.29) is 17.9 Å². The SMILES string of the molecule is CON(C)C(=O)/C=C/[C@H]1O[C@@H](n2cnc3c(N)nc(OC4CCCC4)nc32)[C@H](O)[C@@H]1O. The van der Waals surface area contributed by atoms with Crippen LogP contribution in [0.4, 0.5) is 5.82 Å². The Bertz CT molecular complexity index is 974. The van der Waals surface area contributed by atoms with Gasteiger partial charge in [0.25, 0.3) is 5.91 Å². The summed E-state index contributed by atoms with van der Waals surface area (Å²) in [6, 6.07) is 0.135. The third-order valence-corrected chi connectivity index (χ3v) is 5.56. The quantitative estimate of drug-likeness (QED) is 0.415. The molecule has 12 heteroatoms. The third kappa shape index (κ3) is 4.19. The van der Waals surface area contributed by atoms with E-state index in [0.29, 0.717) is 11.2 Å². The zero-order valence-corrected chi connectivity index (χ0v) is 17.3. The summed E-state index contributed by atoms with van der Waals surface area (Å²) in [4.78, 5) is 29.5. The predicted octanol–water partition coefficient (Wildman–Crippen LogP) is -0.0749. The molecule has 2 aliphatic rings. The molecular weight excluding hydrogens is 408 g/mol. The van der Waals surface area contributed by atoms with Crippen LogP contribution in [0.25, 0.3) is 11.2 Å². The van der Waals surface area contributed by atoms with Crippen molar-refractivity contribution >= 4 is 22.9 Å². The number of imidazole rings is 1. The number of aromatic nitrogens is 4. The molecule has 1 saturated heterocycles. The molecule has 0 spiro atoms. The lowest BCUT2D eigenvalue weighted by Gasteiger charge is -2.17. The number of likely N-dealkylation sites (N-methyl/N-ethyl adjacent to an activating group) is 1. The van der Waals surface area contributed by atoms with Gasteiger partial charge in [-0.1, -0.05) is 0 Å². The van der Waals surface area contributed by atoms with E-state index in [0.717, 1.165) is 30.7 Å². The number of aliphatic hydroxyl groups excluding tert-OH is 2. The van der Waals surface area contributed by atoms with Crippen molar-refractivity contribution in [3.05, 3.63) is 18.5 Å². The zero-order chi connectivity index (χ0) is 22.1. The first-order valence-corrected chi connectivity index (χ1v) is 10.1. The van der Waals surface area contributed by atoms with Crippen LogP contribution in [0.3, 0.4) is 0 Å². The van der Waals surface area contributed by atoms with Crippen LogP contribution in [0.2, 0.25) is 0 Å². The van der Waals surface area contributed by atoms with Gasteiger partial charge in [-0.05, 0) is 31.8 Å². The van der Waals surface area contributed by atoms with Crippen LogP contribution in [0, 0.1) is 0 Å². The number of hydrogen-bond donors (Lipinski definition) is 3. The number of nitrogens with zero attached hydrogens (tertiary/aromatic N) is 5. The number of hydroxylamine groups is 2. The van der Waals surface area contributed by atoms with E-state index in [9.17, 15) is 15.0 Å². The molecule has 1 aliphatic heterocycles. The summed E-state index contributed by atoms with van der Waals surface area (Å²) in [5.41, 5.74) is 6.68. The molecule has 168 valence electrons. The van der Waals surface area contributed by atoms with E-state index < -0.39 is 30.4 Å². The van der Waals surface area contributed by atoms with Gasteiger partial charge in [0.15, 0.2) is 23.2 Å². The molecule has 0 bridgehead atoms. The molecule has 1 saturated carbocycles. The molecule has 4 atom stereocenters. The number of carbonyl (C=O) groups is 1. The van der Waals surface area contributed by atoms with E-state index in [1.54, 1.807) is 0 Å². The van der Waals surface area contributed by atoms with Gasteiger partial charge in [-0.15, -0.1) is 0 Å². The normalized spacial score (nSPS) is 26.8. The third-order valence-electron chi connectivity index (χ3n) is 5.56. The summed E-state index contributed by atoms with van der Waals surface area (Å²) < 4.78 is 13.1. The minimum Gasteiger partial charge on any atom is -0.460 e. The maximum absolute atomic E-state index is 11.9. The van der Waals surface area contributed by atoms with E-state index in [1.165, 1.54) is 37.2 Å². The number of ether oxygens (including phenoxy) is 2. The first-order valence-electron chi connectivity index (χ1n) is 10.1. The van der Waals surface area contributed by atoms with E-state index in [2.05, 4.69) is 15.0 Å². The van der Waals surface area contributed by atoms with E-state index in [1.807, 2.05) is 0 Å². The number of aliphatic hydroxyl groups is 2. The molecule has 0 aromatic carbocycles. The van der Waals surface area contributed by atoms with E-state index in [4.69, 9.17) is 20.0 Å². The summed E-state index contributed by atoms with van der Waals surface area (Å²) in [6.07, 6.45) is 3.57. The Morgan fingerprint density at radius 3 is 2.77 bits per heavy atom. The number of nitrogens with two attached hydrogens (primary N) is 1. The maximum Gasteiger partial charge on any atom is 0.320 e. The molecule has 12 nitrogen and oxygen atoms in total. The lowest BCUT2D eigenvalue weighted by Crippen LogP contribution is -2.31. The summed E-state index contributed by atoms with van der Waals surface area (Å²) >= 11 is 0. The number of anilines is 1. The molecule has 4 N–H and O–H groups in total. The van der Waals surface area contributed by atoms with Crippen molar-refractivity contribution in [2.45, 2.75) is 56.3 Å². The molecule has 0 radical (unpaired) electrons. The molecule has 31 heavy (non-hydrogen) atoms. The Hall–Kier alpha value is -2.80. The van der Waals surface area contributed by atoms with E-state index >= 15 is 0 Å². The summed E-state index contributed by atoms with van der Waals surface area (Å²) in [6.45, 7) is 0. The maximum atomic E-state index is 11.9. The number of fused-ring (bicyclic) bond motifs is 1. The van der Waals surface area contributed by atoms with Crippen molar-refractivity contribution in [1.82, 2.24) is 24.6 Å².